The third-order valence-corrected chi connectivity index (χ3v) is 5.62. The number of allylic oxidation sites excluding steroid dienone is 1. The smallest absolute Gasteiger partial charge is 0.283 e. The lowest BCUT2D eigenvalue weighted by Crippen LogP contribution is -2.64. The van der Waals surface area contributed by atoms with Crippen LogP contribution in [0.1, 0.15) is 26.3 Å². The van der Waals surface area contributed by atoms with E-state index in [-0.39, 0.29) is 11.5 Å². The minimum Gasteiger partial charge on any atom is -0.283 e. The van der Waals surface area contributed by atoms with Gasteiger partial charge in [-0.2, -0.15) is 26.0 Å². The van der Waals surface area contributed by atoms with Gasteiger partial charge in [-0.15, -0.1) is 0 Å². The molecule has 0 saturated carbocycles. The lowest BCUT2D eigenvalue weighted by molar-refractivity contribution is -0.264. The maximum Gasteiger partial charge on any atom is 0.367 e. The first-order chi connectivity index (χ1) is 11.9. The highest BCUT2D eigenvalue weighted by Gasteiger charge is 2.78. The van der Waals surface area contributed by atoms with E-state index in [0.29, 0.717) is 0 Å². The van der Waals surface area contributed by atoms with Crippen molar-refractivity contribution in [1.29, 1.82) is 0 Å². The Hall–Kier alpha value is -0.820. The van der Waals surface area contributed by atoms with Crippen LogP contribution in [0.5, 0.6) is 0 Å². The van der Waals surface area contributed by atoms with Crippen molar-refractivity contribution in [3.05, 3.63) is 45.6 Å². The molecule has 0 bridgehead atoms. The molecule has 1 aromatic carbocycles. The summed E-state index contributed by atoms with van der Waals surface area (Å²) in [6.07, 6.45) is -4.57. The number of rotatable bonds is 1. The largest absolute Gasteiger partial charge is 0.367 e. The van der Waals surface area contributed by atoms with Crippen molar-refractivity contribution in [1.82, 2.24) is 0 Å². The maximum absolute atomic E-state index is 13.2. The zero-order valence-corrected chi connectivity index (χ0v) is 17.3. The molecular weight excluding hydrogens is 513 g/mol. The van der Waals surface area contributed by atoms with Crippen molar-refractivity contribution in [2.75, 3.05) is 0 Å². The third-order valence-electron chi connectivity index (χ3n) is 3.76. The van der Waals surface area contributed by atoms with Crippen molar-refractivity contribution < 1.29 is 39.3 Å². The summed E-state index contributed by atoms with van der Waals surface area (Å²) in [5.41, 5.74) is 1.68. The van der Waals surface area contributed by atoms with Crippen LogP contribution in [0, 0.1) is 3.57 Å². The summed E-state index contributed by atoms with van der Waals surface area (Å²) in [5.74, 6) is -11.5. The molecule has 0 radical (unpaired) electrons. The Bertz CT molecular complexity index is 802. The van der Waals surface area contributed by atoms with Crippen LogP contribution in [0.3, 0.4) is 0 Å². The van der Waals surface area contributed by atoms with Crippen molar-refractivity contribution in [3.8, 4) is 0 Å². The molecule has 2 atom stereocenters. The topological polar surface area (TPSA) is 54.4 Å². The quantitative estimate of drug-likeness (QED) is 0.232. The minimum atomic E-state index is -6.18. The van der Waals surface area contributed by atoms with Crippen LogP contribution in [0.15, 0.2) is 36.4 Å². The number of hydrogen-bond donors (Lipinski definition) is 1. The Morgan fingerprint density at radius 2 is 1.48 bits per heavy atom. The third kappa shape index (κ3) is 4.61. The van der Waals surface area contributed by atoms with Crippen LogP contribution in [-0.2, 0) is 15.5 Å². The highest BCUT2D eigenvalue weighted by atomic mass is 127. The predicted molar refractivity (Wildman–Crippen MR) is 97.2 cm³/mol. The number of alkyl halides is 6. The van der Waals surface area contributed by atoms with E-state index in [2.05, 4.69) is 67.6 Å². The molecule has 0 fully saturated rings. The van der Waals surface area contributed by atoms with Gasteiger partial charge in [-0.1, -0.05) is 32.9 Å². The summed E-state index contributed by atoms with van der Waals surface area (Å²) in [7, 11) is -6.18. The molecule has 0 heterocycles. The standard InChI is InChI=1S/C10H13I.C6H4F6O3S/c1-10(2,3)8-4-6-9(11)7-5-8;7-3-1-2-4(8,16(13,14)15)6(11,12)5(3,9)10/h4-7H,1-3H3;1-3H,(H,13,14,15). The molecule has 154 valence electrons. The molecule has 11 heteroatoms. The van der Waals surface area contributed by atoms with Crippen molar-refractivity contribution in [2.24, 2.45) is 0 Å². The van der Waals surface area contributed by atoms with Crippen molar-refractivity contribution in [3.63, 3.8) is 0 Å². The Labute approximate surface area is 166 Å². The molecule has 0 amide bonds. The van der Waals surface area contributed by atoms with Crippen molar-refractivity contribution in [2.45, 2.75) is 49.2 Å². The number of hydrogen-bond acceptors (Lipinski definition) is 2. The Balaban J connectivity index is 0.000000289. The van der Waals surface area contributed by atoms with E-state index in [4.69, 9.17) is 4.55 Å². The second-order valence-corrected chi connectivity index (χ2v) is 9.63. The van der Waals surface area contributed by atoms with Gasteiger partial charge in [0.2, 0.25) is 0 Å². The van der Waals surface area contributed by atoms with E-state index in [9.17, 15) is 34.8 Å². The first-order valence-corrected chi connectivity index (χ1v) is 9.91. The first-order valence-electron chi connectivity index (χ1n) is 7.39. The number of benzene rings is 1. The average molecular weight is 530 g/mol. The Morgan fingerprint density at radius 3 is 1.85 bits per heavy atom. The zero-order chi connectivity index (χ0) is 21.5. The molecule has 1 aliphatic rings. The van der Waals surface area contributed by atoms with Crippen LogP contribution < -0.4 is 0 Å². The first kappa shape index (κ1) is 24.2. The lowest BCUT2D eigenvalue weighted by Gasteiger charge is -2.37. The van der Waals surface area contributed by atoms with Gasteiger partial charge in [0.1, 0.15) is 0 Å². The summed E-state index contributed by atoms with van der Waals surface area (Å²) in [5, 5.41) is -5.05. The molecular formula is C16H17F6IO3S. The fraction of sp³-hybridized carbons (Fsp3) is 0.500. The van der Waals surface area contributed by atoms with Gasteiger partial charge in [0.25, 0.3) is 0 Å². The van der Waals surface area contributed by atoms with Gasteiger partial charge in [0.15, 0.2) is 6.17 Å². The highest BCUT2D eigenvalue weighted by Crippen LogP contribution is 2.53. The maximum atomic E-state index is 13.2. The van der Waals surface area contributed by atoms with Crippen LogP contribution in [0.4, 0.5) is 26.3 Å². The average Bonchev–Trinajstić information content (AvgIpc) is 2.49. The monoisotopic (exact) mass is 530 g/mol. The van der Waals surface area contributed by atoms with Gasteiger partial charge in [-0.3, -0.25) is 4.55 Å². The molecule has 0 spiro atoms. The Kier molecular flexibility index (Phi) is 6.77. The summed E-state index contributed by atoms with van der Waals surface area (Å²) in [6.45, 7) is 6.69. The van der Waals surface area contributed by atoms with Gasteiger partial charge in [-0.05, 0) is 57.9 Å². The van der Waals surface area contributed by atoms with Crippen LogP contribution in [-0.4, -0.2) is 36.0 Å². The Morgan fingerprint density at radius 1 is 1.04 bits per heavy atom. The van der Waals surface area contributed by atoms with Gasteiger partial charge >= 0.3 is 27.0 Å². The predicted octanol–water partition coefficient (Wildman–Crippen LogP) is 5.31. The van der Waals surface area contributed by atoms with Gasteiger partial charge in [-0.25, -0.2) is 8.78 Å². The van der Waals surface area contributed by atoms with E-state index in [1.54, 1.807) is 0 Å². The molecule has 2 rings (SSSR count). The molecule has 1 aromatic rings. The summed E-state index contributed by atoms with van der Waals surface area (Å²) >= 11 is 2.32. The summed E-state index contributed by atoms with van der Waals surface area (Å²) < 4.78 is 107. The van der Waals surface area contributed by atoms with E-state index >= 15 is 0 Å². The lowest BCUT2D eigenvalue weighted by atomic mass is 9.87. The molecule has 0 saturated heterocycles. The second kappa shape index (κ2) is 7.54. The highest BCUT2D eigenvalue weighted by molar-refractivity contribution is 14.1. The number of halogens is 7. The van der Waals surface area contributed by atoms with E-state index in [1.807, 2.05) is 0 Å². The van der Waals surface area contributed by atoms with E-state index < -0.39 is 39.2 Å². The molecule has 1 N–H and O–H groups in total. The van der Waals surface area contributed by atoms with Crippen LogP contribution >= 0.6 is 22.6 Å². The molecule has 27 heavy (non-hydrogen) atoms. The van der Waals surface area contributed by atoms with Crippen LogP contribution in [0.2, 0.25) is 0 Å². The normalized spacial score (nSPS) is 26.9. The SMILES string of the molecule is CC(C)(C)c1ccc(I)cc1.O=S(=O)(O)C1(F)C=CC(F)C(F)(F)C1(F)F. The molecule has 1 aliphatic carbocycles. The summed E-state index contributed by atoms with van der Waals surface area (Å²) in [6, 6.07) is 8.70. The second-order valence-electron chi connectivity index (χ2n) is 6.84. The molecule has 0 aliphatic heterocycles. The van der Waals surface area contributed by atoms with Gasteiger partial charge in [0, 0.05) is 3.57 Å². The van der Waals surface area contributed by atoms with E-state index in [1.165, 1.54) is 9.13 Å². The molecule has 2 unspecified atom stereocenters. The zero-order valence-electron chi connectivity index (χ0n) is 14.4. The fourth-order valence-electron chi connectivity index (χ4n) is 2.03. The molecule has 0 aromatic heterocycles. The molecule has 3 nitrogen and oxygen atoms in total. The van der Waals surface area contributed by atoms with Gasteiger partial charge < -0.3 is 0 Å². The van der Waals surface area contributed by atoms with Crippen molar-refractivity contribution >= 4 is 32.7 Å². The minimum absolute atomic E-state index is 0.282. The van der Waals surface area contributed by atoms with Gasteiger partial charge in [0.05, 0.1) is 0 Å². The summed E-state index contributed by atoms with van der Waals surface area (Å²) in [4.78, 5) is 0. The van der Waals surface area contributed by atoms with E-state index in [0.717, 1.165) is 0 Å². The fourth-order valence-corrected chi connectivity index (χ4v) is 3.10. The van der Waals surface area contributed by atoms with Crippen LogP contribution in [0.25, 0.3) is 0 Å².